The fourth-order valence-corrected chi connectivity index (χ4v) is 1.42. The molecule has 1 aromatic carbocycles. The van der Waals surface area contributed by atoms with Gasteiger partial charge in [-0.15, -0.1) is 0 Å². The highest BCUT2D eigenvalue weighted by atomic mass is 16.6. The molecule has 3 heteroatoms. The monoisotopic (exact) mass is 236 g/mol. The van der Waals surface area contributed by atoms with Gasteiger partial charge in [-0.2, -0.15) is 0 Å². The van der Waals surface area contributed by atoms with Crippen LogP contribution in [0.2, 0.25) is 0 Å². The molecule has 1 atom stereocenters. The Balaban J connectivity index is 2.71. The normalized spacial score (nSPS) is 12.4. The first-order chi connectivity index (χ1) is 7.91. The second kappa shape index (κ2) is 5.71. The first-order valence-corrected chi connectivity index (χ1v) is 5.85. The Morgan fingerprint density at radius 2 is 1.82 bits per heavy atom. The molecule has 0 heterocycles. The molecular formula is C14H20O3. The molecule has 0 bridgehead atoms. The fraction of sp³-hybridized carbons (Fsp3) is 0.500. The Kier molecular flexibility index (Phi) is 4.55. The van der Waals surface area contributed by atoms with Gasteiger partial charge in [-0.25, -0.2) is 4.79 Å². The van der Waals surface area contributed by atoms with Crippen LogP contribution in [0, 0.1) is 13.8 Å². The van der Waals surface area contributed by atoms with Crippen molar-refractivity contribution in [3.8, 4) is 5.75 Å². The predicted molar refractivity (Wildman–Crippen MR) is 67.2 cm³/mol. The van der Waals surface area contributed by atoms with E-state index < -0.39 is 6.10 Å². The maximum Gasteiger partial charge on any atom is 0.347 e. The summed E-state index contributed by atoms with van der Waals surface area (Å²) in [7, 11) is 0. The van der Waals surface area contributed by atoms with Crippen molar-refractivity contribution in [1.29, 1.82) is 0 Å². The molecule has 1 rings (SSSR count). The van der Waals surface area contributed by atoms with Crippen LogP contribution in [0.1, 0.15) is 31.9 Å². The van der Waals surface area contributed by atoms with E-state index in [1.54, 1.807) is 6.92 Å². The van der Waals surface area contributed by atoms with Crippen LogP contribution in [0.5, 0.6) is 5.75 Å². The van der Waals surface area contributed by atoms with Gasteiger partial charge in [0, 0.05) is 0 Å². The lowest BCUT2D eigenvalue weighted by Crippen LogP contribution is -2.28. The van der Waals surface area contributed by atoms with Crippen LogP contribution in [-0.4, -0.2) is 18.2 Å². The third-order valence-corrected chi connectivity index (χ3v) is 2.54. The van der Waals surface area contributed by atoms with Gasteiger partial charge in [0.05, 0.1) is 6.10 Å². The zero-order chi connectivity index (χ0) is 13.0. The molecule has 0 aromatic heterocycles. The molecule has 0 aliphatic carbocycles. The molecule has 0 aliphatic heterocycles. The number of rotatable bonds is 4. The summed E-state index contributed by atoms with van der Waals surface area (Å²) in [6, 6.07) is 5.79. The topological polar surface area (TPSA) is 35.5 Å². The fourth-order valence-electron chi connectivity index (χ4n) is 1.42. The minimum Gasteiger partial charge on any atom is -0.479 e. The molecule has 0 fully saturated rings. The largest absolute Gasteiger partial charge is 0.479 e. The lowest BCUT2D eigenvalue weighted by Gasteiger charge is -2.17. The van der Waals surface area contributed by atoms with Crippen molar-refractivity contribution in [2.75, 3.05) is 0 Å². The Morgan fingerprint density at radius 1 is 1.18 bits per heavy atom. The lowest BCUT2D eigenvalue weighted by atomic mass is 10.1. The summed E-state index contributed by atoms with van der Waals surface area (Å²) in [5, 5.41) is 0. The van der Waals surface area contributed by atoms with E-state index in [2.05, 4.69) is 0 Å². The SMILES string of the molecule is Cc1cccc(OC(C)C(=O)OC(C)C)c1C. The van der Waals surface area contributed by atoms with Gasteiger partial charge in [-0.05, 0) is 51.8 Å². The van der Waals surface area contributed by atoms with Crippen molar-refractivity contribution in [3.63, 3.8) is 0 Å². The average molecular weight is 236 g/mol. The summed E-state index contributed by atoms with van der Waals surface area (Å²) in [5.41, 5.74) is 2.20. The summed E-state index contributed by atoms with van der Waals surface area (Å²) in [5.74, 6) is 0.402. The van der Waals surface area contributed by atoms with Gasteiger partial charge in [-0.3, -0.25) is 0 Å². The molecule has 3 nitrogen and oxygen atoms in total. The maximum atomic E-state index is 11.6. The van der Waals surface area contributed by atoms with E-state index in [0.717, 1.165) is 16.9 Å². The first kappa shape index (κ1) is 13.6. The van der Waals surface area contributed by atoms with Crippen LogP contribution in [0.15, 0.2) is 18.2 Å². The Labute approximate surface area is 103 Å². The highest BCUT2D eigenvalue weighted by Crippen LogP contribution is 2.22. The van der Waals surface area contributed by atoms with E-state index in [4.69, 9.17) is 9.47 Å². The van der Waals surface area contributed by atoms with Crippen LogP contribution in [0.3, 0.4) is 0 Å². The number of carbonyl (C=O) groups is 1. The molecule has 0 saturated carbocycles. The Bertz CT molecular complexity index is 396. The quantitative estimate of drug-likeness (QED) is 0.754. The third kappa shape index (κ3) is 3.77. The molecule has 17 heavy (non-hydrogen) atoms. The predicted octanol–water partition coefficient (Wildman–Crippen LogP) is 3.02. The highest BCUT2D eigenvalue weighted by molar-refractivity contribution is 5.74. The Hall–Kier alpha value is -1.51. The summed E-state index contributed by atoms with van der Waals surface area (Å²) in [6.45, 7) is 9.34. The van der Waals surface area contributed by atoms with Crippen LogP contribution >= 0.6 is 0 Å². The summed E-state index contributed by atoms with van der Waals surface area (Å²) >= 11 is 0. The van der Waals surface area contributed by atoms with E-state index in [9.17, 15) is 4.79 Å². The van der Waals surface area contributed by atoms with Crippen molar-refractivity contribution in [2.24, 2.45) is 0 Å². The number of hydrogen-bond acceptors (Lipinski definition) is 3. The van der Waals surface area contributed by atoms with Crippen molar-refractivity contribution in [3.05, 3.63) is 29.3 Å². The number of benzene rings is 1. The zero-order valence-corrected chi connectivity index (χ0v) is 11.1. The second-order valence-corrected chi connectivity index (χ2v) is 4.44. The molecular weight excluding hydrogens is 216 g/mol. The van der Waals surface area contributed by atoms with Crippen molar-refractivity contribution >= 4 is 5.97 Å². The van der Waals surface area contributed by atoms with E-state index in [0.29, 0.717) is 0 Å². The molecule has 1 aromatic rings. The van der Waals surface area contributed by atoms with E-state index in [-0.39, 0.29) is 12.1 Å². The number of esters is 1. The van der Waals surface area contributed by atoms with Crippen LogP contribution in [-0.2, 0) is 9.53 Å². The Morgan fingerprint density at radius 3 is 2.41 bits per heavy atom. The van der Waals surface area contributed by atoms with Crippen molar-refractivity contribution < 1.29 is 14.3 Å². The maximum absolute atomic E-state index is 11.6. The van der Waals surface area contributed by atoms with Crippen LogP contribution in [0.4, 0.5) is 0 Å². The third-order valence-electron chi connectivity index (χ3n) is 2.54. The number of hydrogen-bond donors (Lipinski definition) is 0. The van der Waals surface area contributed by atoms with Gasteiger partial charge in [0.15, 0.2) is 6.10 Å². The van der Waals surface area contributed by atoms with Gasteiger partial charge in [0.2, 0.25) is 0 Å². The van der Waals surface area contributed by atoms with Crippen molar-refractivity contribution in [2.45, 2.75) is 46.8 Å². The molecule has 0 spiro atoms. The summed E-state index contributed by atoms with van der Waals surface area (Å²) < 4.78 is 10.7. The molecule has 0 saturated heterocycles. The van der Waals surface area contributed by atoms with Gasteiger partial charge < -0.3 is 9.47 Å². The number of ether oxygens (including phenoxy) is 2. The number of aryl methyl sites for hydroxylation is 1. The molecule has 1 unspecified atom stereocenters. The van der Waals surface area contributed by atoms with E-state index in [1.807, 2.05) is 45.9 Å². The number of carbonyl (C=O) groups excluding carboxylic acids is 1. The van der Waals surface area contributed by atoms with Gasteiger partial charge in [-0.1, -0.05) is 12.1 Å². The van der Waals surface area contributed by atoms with Gasteiger partial charge >= 0.3 is 5.97 Å². The summed E-state index contributed by atoms with van der Waals surface area (Å²) in [4.78, 5) is 11.6. The van der Waals surface area contributed by atoms with E-state index >= 15 is 0 Å². The molecule has 0 amide bonds. The molecule has 0 aliphatic rings. The lowest BCUT2D eigenvalue weighted by molar-refractivity contribution is -0.154. The van der Waals surface area contributed by atoms with Gasteiger partial charge in [0.1, 0.15) is 5.75 Å². The highest BCUT2D eigenvalue weighted by Gasteiger charge is 2.18. The molecule has 0 radical (unpaired) electrons. The minimum atomic E-state index is -0.585. The van der Waals surface area contributed by atoms with Crippen molar-refractivity contribution in [1.82, 2.24) is 0 Å². The van der Waals surface area contributed by atoms with Crippen LogP contribution in [0.25, 0.3) is 0 Å². The first-order valence-electron chi connectivity index (χ1n) is 5.85. The zero-order valence-electron chi connectivity index (χ0n) is 11.1. The van der Waals surface area contributed by atoms with Crippen LogP contribution < -0.4 is 4.74 Å². The summed E-state index contributed by atoms with van der Waals surface area (Å²) in [6.07, 6.45) is -0.704. The second-order valence-electron chi connectivity index (χ2n) is 4.44. The van der Waals surface area contributed by atoms with E-state index in [1.165, 1.54) is 0 Å². The molecule has 94 valence electrons. The standard InChI is InChI=1S/C14H20O3/c1-9(2)16-14(15)12(5)17-13-8-6-7-10(3)11(13)4/h6-9,12H,1-5H3. The minimum absolute atomic E-state index is 0.118. The van der Waals surface area contributed by atoms with Gasteiger partial charge in [0.25, 0.3) is 0 Å². The molecule has 0 N–H and O–H groups in total. The average Bonchev–Trinajstić information content (AvgIpc) is 2.23. The smallest absolute Gasteiger partial charge is 0.347 e.